The molecule has 0 saturated heterocycles. The number of aromatic amines is 1. The predicted octanol–water partition coefficient (Wildman–Crippen LogP) is 3.18. The lowest BCUT2D eigenvalue weighted by atomic mass is 10.1. The Labute approximate surface area is 118 Å². The number of unbranched alkanes of at least 4 members (excludes halogenated alkanes) is 1. The summed E-state index contributed by atoms with van der Waals surface area (Å²) in [4.78, 5) is 18.6. The standard InChI is InChI=1S/C15H19N3O2/c1-3-5-6-11-7-8-12-13(10-11)18-14(17-12)20-15(19)16-9-4-2/h4,7-8,10H,2-3,5-6,9H2,1H3,(H,16,19)(H,17,18). The van der Waals surface area contributed by atoms with Gasteiger partial charge in [-0.3, -0.25) is 0 Å². The van der Waals surface area contributed by atoms with Crippen LogP contribution in [0.2, 0.25) is 0 Å². The monoisotopic (exact) mass is 273 g/mol. The molecule has 2 aromatic rings. The number of nitrogens with zero attached hydrogens (tertiary/aromatic N) is 1. The van der Waals surface area contributed by atoms with Gasteiger partial charge in [0.1, 0.15) is 0 Å². The van der Waals surface area contributed by atoms with Gasteiger partial charge in [-0.1, -0.05) is 25.5 Å². The minimum absolute atomic E-state index is 0.203. The van der Waals surface area contributed by atoms with E-state index in [-0.39, 0.29) is 6.01 Å². The van der Waals surface area contributed by atoms with Gasteiger partial charge in [-0.15, -0.1) is 6.58 Å². The van der Waals surface area contributed by atoms with E-state index in [1.165, 1.54) is 12.0 Å². The van der Waals surface area contributed by atoms with E-state index in [9.17, 15) is 4.79 Å². The molecule has 0 unspecified atom stereocenters. The highest BCUT2D eigenvalue weighted by Gasteiger charge is 2.08. The molecule has 1 aromatic carbocycles. The Morgan fingerprint density at radius 2 is 2.40 bits per heavy atom. The first-order valence-electron chi connectivity index (χ1n) is 6.78. The average molecular weight is 273 g/mol. The van der Waals surface area contributed by atoms with Crippen LogP contribution in [0.1, 0.15) is 25.3 Å². The summed E-state index contributed by atoms with van der Waals surface area (Å²) in [6.07, 6.45) is 4.41. The van der Waals surface area contributed by atoms with Gasteiger partial charge >= 0.3 is 12.1 Å². The quantitative estimate of drug-likeness (QED) is 0.794. The summed E-state index contributed by atoms with van der Waals surface area (Å²) in [6.45, 7) is 6.05. The van der Waals surface area contributed by atoms with E-state index >= 15 is 0 Å². The van der Waals surface area contributed by atoms with Crippen LogP contribution >= 0.6 is 0 Å². The molecule has 5 heteroatoms. The highest BCUT2D eigenvalue weighted by atomic mass is 16.6. The molecule has 20 heavy (non-hydrogen) atoms. The molecule has 0 aliphatic rings. The number of aryl methyl sites for hydroxylation is 1. The second-order valence-corrected chi connectivity index (χ2v) is 4.56. The molecule has 0 radical (unpaired) electrons. The lowest BCUT2D eigenvalue weighted by molar-refractivity contribution is 0.198. The van der Waals surface area contributed by atoms with Crippen LogP contribution < -0.4 is 10.1 Å². The summed E-state index contributed by atoms with van der Waals surface area (Å²) in [5.74, 6) is 0. The van der Waals surface area contributed by atoms with Crippen molar-refractivity contribution in [3.63, 3.8) is 0 Å². The van der Waals surface area contributed by atoms with Gasteiger partial charge in [0.15, 0.2) is 0 Å². The number of carbonyl (C=O) groups is 1. The van der Waals surface area contributed by atoms with Gasteiger partial charge in [0, 0.05) is 6.54 Å². The maximum Gasteiger partial charge on any atom is 0.415 e. The topological polar surface area (TPSA) is 67.0 Å². The molecule has 0 bridgehead atoms. The van der Waals surface area contributed by atoms with Gasteiger partial charge in [-0.2, -0.15) is 4.98 Å². The molecule has 0 spiro atoms. The first-order chi connectivity index (χ1) is 9.72. The fourth-order valence-electron chi connectivity index (χ4n) is 1.90. The maximum atomic E-state index is 11.4. The van der Waals surface area contributed by atoms with Crippen LogP contribution in [0.5, 0.6) is 6.01 Å². The lowest BCUT2D eigenvalue weighted by Crippen LogP contribution is -2.27. The van der Waals surface area contributed by atoms with Crippen molar-refractivity contribution in [2.45, 2.75) is 26.2 Å². The number of hydrogen-bond donors (Lipinski definition) is 2. The van der Waals surface area contributed by atoms with Crippen LogP contribution in [0, 0.1) is 0 Å². The number of fused-ring (bicyclic) bond motifs is 1. The molecule has 0 aliphatic heterocycles. The summed E-state index contributed by atoms with van der Waals surface area (Å²) in [5, 5.41) is 2.53. The summed E-state index contributed by atoms with van der Waals surface area (Å²) >= 11 is 0. The van der Waals surface area contributed by atoms with Crippen LogP contribution in [0.3, 0.4) is 0 Å². The van der Waals surface area contributed by atoms with Gasteiger partial charge < -0.3 is 15.0 Å². The van der Waals surface area contributed by atoms with E-state index in [1.807, 2.05) is 12.1 Å². The summed E-state index contributed by atoms with van der Waals surface area (Å²) in [5.41, 5.74) is 2.92. The number of nitrogens with one attached hydrogen (secondary N) is 2. The van der Waals surface area contributed by atoms with Crippen LogP contribution in [0.15, 0.2) is 30.9 Å². The number of H-pyrrole nitrogens is 1. The predicted molar refractivity (Wildman–Crippen MR) is 78.9 cm³/mol. The van der Waals surface area contributed by atoms with Crippen molar-refractivity contribution >= 4 is 17.1 Å². The Hall–Kier alpha value is -2.30. The number of hydrogen-bond acceptors (Lipinski definition) is 3. The van der Waals surface area contributed by atoms with Crippen molar-refractivity contribution in [2.75, 3.05) is 6.54 Å². The minimum atomic E-state index is -0.546. The normalized spacial score (nSPS) is 10.4. The molecular formula is C15H19N3O2. The second kappa shape index (κ2) is 6.75. The fourth-order valence-corrected chi connectivity index (χ4v) is 1.90. The van der Waals surface area contributed by atoms with Gasteiger partial charge in [0.25, 0.3) is 0 Å². The van der Waals surface area contributed by atoms with Crippen molar-refractivity contribution in [1.29, 1.82) is 0 Å². The van der Waals surface area contributed by atoms with E-state index in [0.29, 0.717) is 6.54 Å². The largest absolute Gasteiger partial charge is 0.415 e. The third kappa shape index (κ3) is 3.60. The third-order valence-electron chi connectivity index (χ3n) is 2.92. The second-order valence-electron chi connectivity index (χ2n) is 4.56. The van der Waals surface area contributed by atoms with Crippen LogP contribution in [-0.4, -0.2) is 22.6 Å². The zero-order chi connectivity index (χ0) is 14.4. The highest BCUT2D eigenvalue weighted by molar-refractivity contribution is 5.78. The number of aromatic nitrogens is 2. The van der Waals surface area contributed by atoms with Crippen LogP contribution in [0.25, 0.3) is 11.0 Å². The SMILES string of the molecule is C=CCNC(=O)Oc1nc2ccc(CCCC)cc2[nH]1. The van der Waals surface area contributed by atoms with E-state index in [0.717, 1.165) is 23.9 Å². The van der Waals surface area contributed by atoms with Gasteiger partial charge in [0.05, 0.1) is 11.0 Å². The molecule has 106 valence electrons. The van der Waals surface area contributed by atoms with Crippen molar-refractivity contribution in [1.82, 2.24) is 15.3 Å². The van der Waals surface area contributed by atoms with Gasteiger partial charge in [-0.05, 0) is 30.5 Å². The van der Waals surface area contributed by atoms with Crippen molar-refractivity contribution in [3.8, 4) is 6.01 Å². The number of benzene rings is 1. The van der Waals surface area contributed by atoms with Crippen LogP contribution in [0.4, 0.5) is 4.79 Å². The zero-order valence-electron chi connectivity index (χ0n) is 11.6. The number of ether oxygens (including phenoxy) is 1. The van der Waals surface area contributed by atoms with Crippen molar-refractivity contribution < 1.29 is 9.53 Å². The molecule has 1 aromatic heterocycles. The van der Waals surface area contributed by atoms with Crippen molar-refractivity contribution in [2.24, 2.45) is 0 Å². The molecule has 0 saturated carbocycles. The molecule has 0 atom stereocenters. The first-order valence-corrected chi connectivity index (χ1v) is 6.78. The van der Waals surface area contributed by atoms with E-state index in [1.54, 1.807) is 6.08 Å². The Balaban J connectivity index is 2.08. The van der Waals surface area contributed by atoms with Gasteiger partial charge in [-0.25, -0.2) is 4.79 Å². The number of carbonyl (C=O) groups excluding carboxylic acids is 1. The number of amides is 1. The zero-order valence-corrected chi connectivity index (χ0v) is 11.6. The Bertz CT molecular complexity index is 604. The first kappa shape index (κ1) is 14.1. The summed E-state index contributed by atoms with van der Waals surface area (Å²) in [6, 6.07) is 6.24. The smallest absolute Gasteiger partial charge is 0.375 e. The molecular weight excluding hydrogens is 254 g/mol. The Kier molecular flexibility index (Phi) is 4.76. The number of rotatable bonds is 6. The van der Waals surface area contributed by atoms with Gasteiger partial charge in [0.2, 0.25) is 0 Å². The maximum absolute atomic E-state index is 11.4. The molecule has 1 heterocycles. The average Bonchev–Trinajstić information content (AvgIpc) is 2.84. The fraction of sp³-hybridized carbons (Fsp3) is 0.333. The molecule has 0 aliphatic carbocycles. The molecule has 5 nitrogen and oxygen atoms in total. The Morgan fingerprint density at radius 3 is 3.15 bits per heavy atom. The molecule has 2 rings (SSSR count). The van der Waals surface area contributed by atoms with Crippen molar-refractivity contribution in [3.05, 3.63) is 36.4 Å². The minimum Gasteiger partial charge on any atom is -0.375 e. The summed E-state index contributed by atoms with van der Waals surface area (Å²) in [7, 11) is 0. The highest BCUT2D eigenvalue weighted by Crippen LogP contribution is 2.18. The molecule has 2 N–H and O–H groups in total. The summed E-state index contributed by atoms with van der Waals surface area (Å²) < 4.78 is 5.06. The van der Waals surface area contributed by atoms with E-state index in [2.05, 4.69) is 34.9 Å². The third-order valence-corrected chi connectivity index (χ3v) is 2.92. The molecule has 1 amide bonds. The van der Waals surface area contributed by atoms with E-state index in [4.69, 9.17) is 4.74 Å². The number of imidazole rings is 1. The van der Waals surface area contributed by atoms with Crippen LogP contribution in [-0.2, 0) is 6.42 Å². The Morgan fingerprint density at radius 1 is 1.55 bits per heavy atom. The molecule has 0 fully saturated rings. The lowest BCUT2D eigenvalue weighted by Gasteiger charge is -2.00. The van der Waals surface area contributed by atoms with E-state index < -0.39 is 6.09 Å².